The van der Waals surface area contributed by atoms with Crippen LogP contribution in [0.15, 0.2) is 18.3 Å². The van der Waals surface area contributed by atoms with E-state index < -0.39 is 11.9 Å². The van der Waals surface area contributed by atoms with Gasteiger partial charge in [0.15, 0.2) is 0 Å². The summed E-state index contributed by atoms with van der Waals surface area (Å²) < 4.78 is 37.3. The predicted molar refractivity (Wildman–Crippen MR) is 68.2 cm³/mol. The van der Waals surface area contributed by atoms with E-state index in [0.29, 0.717) is 6.54 Å². The number of rotatable bonds is 2. The van der Waals surface area contributed by atoms with Crippen molar-refractivity contribution in [1.82, 2.24) is 9.88 Å². The van der Waals surface area contributed by atoms with Gasteiger partial charge in [0.1, 0.15) is 5.69 Å². The summed E-state index contributed by atoms with van der Waals surface area (Å²) in [6.07, 6.45) is 0.394. The maximum absolute atomic E-state index is 12.4. The third kappa shape index (κ3) is 3.11. The van der Waals surface area contributed by atoms with E-state index in [9.17, 15) is 18.0 Å². The number of pyridine rings is 1. The molecule has 1 aromatic heterocycles. The molecule has 1 aliphatic rings. The minimum Gasteiger partial charge on any atom is -0.336 e. The Hall–Kier alpha value is -1.59. The standard InChI is InChI=1S/C14H17F3N2O/c1-2-11-5-3-4-8-19(11)13(20)10-6-7-12(18-9-10)14(15,16)17/h6-7,9,11H,2-5,8H2,1H3. The molecule has 20 heavy (non-hydrogen) atoms. The van der Waals surface area contributed by atoms with Crippen LogP contribution in [0.1, 0.15) is 48.7 Å². The highest BCUT2D eigenvalue weighted by molar-refractivity contribution is 5.94. The maximum atomic E-state index is 12.4. The number of carbonyl (C=O) groups is 1. The van der Waals surface area contributed by atoms with Gasteiger partial charge in [-0.3, -0.25) is 9.78 Å². The second-order valence-electron chi connectivity index (χ2n) is 4.99. The van der Waals surface area contributed by atoms with Crippen molar-refractivity contribution in [3.05, 3.63) is 29.6 Å². The third-order valence-electron chi connectivity index (χ3n) is 3.66. The first kappa shape index (κ1) is 14.8. The summed E-state index contributed by atoms with van der Waals surface area (Å²) in [4.78, 5) is 17.4. The van der Waals surface area contributed by atoms with Gasteiger partial charge in [0, 0.05) is 18.8 Å². The van der Waals surface area contributed by atoms with Crippen LogP contribution in [-0.2, 0) is 6.18 Å². The topological polar surface area (TPSA) is 33.2 Å². The lowest BCUT2D eigenvalue weighted by atomic mass is 9.99. The first-order chi connectivity index (χ1) is 9.43. The second kappa shape index (κ2) is 5.81. The van der Waals surface area contributed by atoms with Crippen LogP contribution in [0.25, 0.3) is 0 Å². The summed E-state index contributed by atoms with van der Waals surface area (Å²) >= 11 is 0. The van der Waals surface area contributed by atoms with Crippen LogP contribution in [0.5, 0.6) is 0 Å². The summed E-state index contributed by atoms with van der Waals surface area (Å²) in [7, 11) is 0. The minimum atomic E-state index is -4.47. The molecule has 0 N–H and O–H groups in total. The normalized spacial score (nSPS) is 20.0. The molecule has 3 nitrogen and oxygen atoms in total. The molecule has 1 saturated heterocycles. The van der Waals surface area contributed by atoms with Crippen LogP contribution < -0.4 is 0 Å². The number of halogens is 3. The molecule has 1 amide bonds. The largest absolute Gasteiger partial charge is 0.433 e. The third-order valence-corrected chi connectivity index (χ3v) is 3.66. The predicted octanol–water partition coefficient (Wildman–Crippen LogP) is 3.51. The second-order valence-corrected chi connectivity index (χ2v) is 4.99. The van der Waals surface area contributed by atoms with Crippen molar-refractivity contribution in [2.75, 3.05) is 6.54 Å². The quantitative estimate of drug-likeness (QED) is 0.833. The highest BCUT2D eigenvalue weighted by Gasteiger charge is 2.33. The molecule has 0 aliphatic carbocycles. The highest BCUT2D eigenvalue weighted by atomic mass is 19.4. The van der Waals surface area contributed by atoms with Gasteiger partial charge in [0.05, 0.1) is 5.56 Å². The lowest BCUT2D eigenvalue weighted by Gasteiger charge is -2.35. The van der Waals surface area contributed by atoms with Crippen LogP contribution in [-0.4, -0.2) is 28.4 Å². The lowest BCUT2D eigenvalue weighted by molar-refractivity contribution is -0.141. The van der Waals surface area contributed by atoms with Gasteiger partial charge in [0.25, 0.3) is 5.91 Å². The summed E-state index contributed by atoms with van der Waals surface area (Å²) in [5.74, 6) is -0.224. The van der Waals surface area contributed by atoms with Crippen LogP contribution in [0.3, 0.4) is 0 Å². The molecule has 2 rings (SSSR count). The molecule has 110 valence electrons. The molecule has 0 aromatic carbocycles. The van der Waals surface area contributed by atoms with Crippen molar-refractivity contribution < 1.29 is 18.0 Å². The Morgan fingerprint density at radius 3 is 2.70 bits per heavy atom. The summed E-state index contributed by atoms with van der Waals surface area (Å²) in [5.41, 5.74) is -0.752. The fourth-order valence-corrected chi connectivity index (χ4v) is 2.55. The van der Waals surface area contributed by atoms with Crippen molar-refractivity contribution in [3.8, 4) is 0 Å². The molecular weight excluding hydrogens is 269 g/mol. The first-order valence-corrected chi connectivity index (χ1v) is 6.77. The Balaban J connectivity index is 2.16. The number of aromatic nitrogens is 1. The number of hydrogen-bond donors (Lipinski definition) is 0. The van der Waals surface area contributed by atoms with E-state index in [1.807, 2.05) is 6.92 Å². The molecule has 0 radical (unpaired) electrons. The zero-order chi connectivity index (χ0) is 14.8. The van der Waals surface area contributed by atoms with Crippen molar-refractivity contribution in [1.29, 1.82) is 0 Å². The van der Waals surface area contributed by atoms with Crippen LogP contribution >= 0.6 is 0 Å². The van der Waals surface area contributed by atoms with Crippen molar-refractivity contribution in [2.45, 2.75) is 44.8 Å². The fourth-order valence-electron chi connectivity index (χ4n) is 2.55. The molecular formula is C14H17F3N2O. The number of likely N-dealkylation sites (tertiary alicyclic amines) is 1. The van der Waals surface area contributed by atoms with E-state index in [1.165, 1.54) is 6.07 Å². The van der Waals surface area contributed by atoms with E-state index >= 15 is 0 Å². The van der Waals surface area contributed by atoms with Crippen molar-refractivity contribution in [3.63, 3.8) is 0 Å². The van der Waals surface area contributed by atoms with Gasteiger partial charge in [-0.1, -0.05) is 6.92 Å². The molecule has 1 fully saturated rings. The van der Waals surface area contributed by atoms with Gasteiger partial charge in [-0.2, -0.15) is 13.2 Å². The van der Waals surface area contributed by atoms with Gasteiger partial charge in [-0.15, -0.1) is 0 Å². The number of piperidine rings is 1. The summed E-state index contributed by atoms with van der Waals surface area (Å²) in [6, 6.07) is 2.25. The Morgan fingerprint density at radius 2 is 2.15 bits per heavy atom. The van der Waals surface area contributed by atoms with Gasteiger partial charge in [0.2, 0.25) is 0 Å². The molecule has 1 aromatic rings. The molecule has 6 heteroatoms. The Labute approximate surface area is 115 Å². The zero-order valence-electron chi connectivity index (χ0n) is 11.3. The van der Waals surface area contributed by atoms with Gasteiger partial charge in [-0.25, -0.2) is 0 Å². The summed E-state index contributed by atoms with van der Waals surface area (Å²) in [5, 5.41) is 0. The van der Waals surface area contributed by atoms with Gasteiger partial charge in [-0.05, 0) is 37.8 Å². The molecule has 1 atom stereocenters. The molecule has 1 aliphatic heterocycles. The van der Waals surface area contributed by atoms with E-state index in [2.05, 4.69) is 4.98 Å². The molecule has 1 unspecified atom stereocenters. The maximum Gasteiger partial charge on any atom is 0.433 e. The number of alkyl halides is 3. The zero-order valence-corrected chi connectivity index (χ0v) is 11.3. The average Bonchev–Trinajstić information content (AvgIpc) is 2.45. The monoisotopic (exact) mass is 286 g/mol. The van der Waals surface area contributed by atoms with E-state index in [-0.39, 0.29) is 17.5 Å². The molecule has 0 bridgehead atoms. The van der Waals surface area contributed by atoms with Crippen LogP contribution in [0, 0.1) is 0 Å². The van der Waals surface area contributed by atoms with Crippen molar-refractivity contribution >= 4 is 5.91 Å². The summed E-state index contributed by atoms with van der Waals surface area (Å²) in [6.45, 7) is 2.68. The Kier molecular flexibility index (Phi) is 4.30. The van der Waals surface area contributed by atoms with E-state index in [1.54, 1.807) is 4.90 Å². The molecule has 0 spiro atoms. The van der Waals surface area contributed by atoms with Crippen molar-refractivity contribution in [2.24, 2.45) is 0 Å². The van der Waals surface area contributed by atoms with Crippen LogP contribution in [0.2, 0.25) is 0 Å². The average molecular weight is 286 g/mol. The number of hydrogen-bond acceptors (Lipinski definition) is 2. The minimum absolute atomic E-state index is 0.179. The fraction of sp³-hybridized carbons (Fsp3) is 0.571. The highest BCUT2D eigenvalue weighted by Crippen LogP contribution is 2.28. The lowest BCUT2D eigenvalue weighted by Crippen LogP contribution is -2.43. The SMILES string of the molecule is CCC1CCCCN1C(=O)c1ccc(C(F)(F)F)nc1. The first-order valence-electron chi connectivity index (χ1n) is 6.77. The van der Waals surface area contributed by atoms with Crippen LogP contribution in [0.4, 0.5) is 13.2 Å². The number of amides is 1. The number of nitrogens with zero attached hydrogens (tertiary/aromatic N) is 2. The number of carbonyl (C=O) groups excluding carboxylic acids is 1. The van der Waals surface area contributed by atoms with E-state index in [4.69, 9.17) is 0 Å². The Morgan fingerprint density at radius 1 is 1.40 bits per heavy atom. The Bertz CT molecular complexity index is 470. The van der Waals surface area contributed by atoms with Gasteiger partial charge < -0.3 is 4.90 Å². The smallest absolute Gasteiger partial charge is 0.336 e. The molecule has 2 heterocycles. The molecule has 0 saturated carbocycles. The van der Waals surface area contributed by atoms with Gasteiger partial charge >= 0.3 is 6.18 Å². The van der Waals surface area contributed by atoms with E-state index in [0.717, 1.165) is 37.9 Å².